The number of anilines is 1. The molecule has 0 fully saturated rings. The maximum atomic E-state index is 11.9. The summed E-state index contributed by atoms with van der Waals surface area (Å²) in [6.07, 6.45) is 0. The molecule has 0 aliphatic rings. The summed E-state index contributed by atoms with van der Waals surface area (Å²) in [5, 5.41) is 11.6. The van der Waals surface area contributed by atoms with Gasteiger partial charge in [-0.15, -0.1) is 10.2 Å². The van der Waals surface area contributed by atoms with E-state index in [0.717, 1.165) is 16.0 Å². The quantitative estimate of drug-likeness (QED) is 0.760. The third-order valence-corrected chi connectivity index (χ3v) is 4.16. The first-order chi connectivity index (χ1) is 10.1. The molecule has 0 spiro atoms. The Morgan fingerprint density at radius 1 is 1.48 bits per heavy atom. The molecule has 0 bridgehead atoms. The van der Waals surface area contributed by atoms with Crippen LogP contribution in [0.4, 0.5) is 5.69 Å². The number of nitrogens with one attached hydrogen (secondary N) is 1. The van der Waals surface area contributed by atoms with E-state index in [1.165, 1.54) is 11.8 Å². The number of carbonyl (C=O) groups is 1. The Morgan fingerprint density at radius 2 is 2.29 bits per heavy atom. The normalized spacial score (nSPS) is 10.6. The SMILES string of the molecule is Cc1nnc(SCC(=O)Nc2cccc(Br)c2)n1CCN. The van der Waals surface area contributed by atoms with Gasteiger partial charge in [-0.25, -0.2) is 0 Å². The standard InChI is InChI=1S/C13H16BrN5OS/c1-9-17-18-13(19(9)6-5-15)21-8-12(20)16-11-4-2-3-10(14)7-11/h2-4,7H,5-6,8,15H2,1H3,(H,16,20). The molecule has 8 heteroatoms. The number of aromatic nitrogens is 3. The Kier molecular flexibility index (Phi) is 5.77. The molecule has 0 unspecified atom stereocenters. The summed E-state index contributed by atoms with van der Waals surface area (Å²) >= 11 is 4.72. The van der Waals surface area contributed by atoms with E-state index < -0.39 is 0 Å². The van der Waals surface area contributed by atoms with Crippen LogP contribution in [0.15, 0.2) is 33.9 Å². The lowest BCUT2D eigenvalue weighted by atomic mass is 10.3. The van der Waals surface area contributed by atoms with Crippen LogP contribution in [0.25, 0.3) is 0 Å². The average molecular weight is 370 g/mol. The first-order valence-corrected chi connectivity index (χ1v) is 8.16. The van der Waals surface area contributed by atoms with E-state index >= 15 is 0 Å². The van der Waals surface area contributed by atoms with Crippen molar-refractivity contribution in [1.29, 1.82) is 0 Å². The lowest BCUT2D eigenvalue weighted by molar-refractivity contribution is -0.113. The smallest absolute Gasteiger partial charge is 0.234 e. The molecule has 0 aliphatic heterocycles. The monoisotopic (exact) mass is 369 g/mol. The number of aryl methyl sites for hydroxylation is 1. The molecule has 0 radical (unpaired) electrons. The molecule has 21 heavy (non-hydrogen) atoms. The van der Waals surface area contributed by atoms with Gasteiger partial charge in [0.2, 0.25) is 5.91 Å². The molecule has 3 N–H and O–H groups in total. The number of halogens is 1. The van der Waals surface area contributed by atoms with Crippen LogP contribution in [0.3, 0.4) is 0 Å². The van der Waals surface area contributed by atoms with Gasteiger partial charge >= 0.3 is 0 Å². The Bertz CT molecular complexity index is 631. The van der Waals surface area contributed by atoms with Gasteiger partial charge in [-0.3, -0.25) is 4.79 Å². The topological polar surface area (TPSA) is 85.8 Å². The summed E-state index contributed by atoms with van der Waals surface area (Å²) in [6.45, 7) is 3.03. The maximum absolute atomic E-state index is 11.9. The zero-order valence-corrected chi connectivity index (χ0v) is 13.9. The summed E-state index contributed by atoms with van der Waals surface area (Å²) in [5.74, 6) is 0.989. The van der Waals surface area contributed by atoms with Crippen LogP contribution in [-0.4, -0.2) is 33.0 Å². The number of nitrogens with two attached hydrogens (primary N) is 1. The van der Waals surface area contributed by atoms with Crippen LogP contribution in [0.2, 0.25) is 0 Å². The second kappa shape index (κ2) is 7.58. The third kappa shape index (κ3) is 4.55. The van der Waals surface area contributed by atoms with Gasteiger partial charge in [0.1, 0.15) is 5.82 Å². The second-order valence-corrected chi connectivity index (χ2v) is 6.18. The number of hydrogen-bond acceptors (Lipinski definition) is 5. The third-order valence-electron chi connectivity index (χ3n) is 2.70. The molecule has 2 rings (SSSR count). The highest BCUT2D eigenvalue weighted by atomic mass is 79.9. The van der Waals surface area contributed by atoms with Gasteiger partial charge < -0.3 is 15.6 Å². The molecule has 1 aromatic heterocycles. The number of carbonyl (C=O) groups excluding carboxylic acids is 1. The van der Waals surface area contributed by atoms with E-state index in [9.17, 15) is 4.79 Å². The fraction of sp³-hybridized carbons (Fsp3) is 0.308. The second-order valence-electron chi connectivity index (χ2n) is 4.32. The highest BCUT2D eigenvalue weighted by molar-refractivity contribution is 9.10. The summed E-state index contributed by atoms with van der Waals surface area (Å²) in [6, 6.07) is 7.47. The molecule has 1 aromatic carbocycles. The molecular weight excluding hydrogens is 354 g/mol. The summed E-state index contributed by atoms with van der Waals surface area (Å²) in [4.78, 5) is 11.9. The molecule has 6 nitrogen and oxygen atoms in total. The Labute approximate surface area is 135 Å². The number of amides is 1. The molecular formula is C13H16BrN5OS. The number of hydrogen-bond donors (Lipinski definition) is 2. The van der Waals surface area contributed by atoms with E-state index in [2.05, 4.69) is 31.4 Å². The summed E-state index contributed by atoms with van der Waals surface area (Å²) in [5.41, 5.74) is 6.32. The van der Waals surface area contributed by atoms with Crippen molar-refractivity contribution in [3.8, 4) is 0 Å². The van der Waals surface area contributed by atoms with E-state index in [1.807, 2.05) is 35.8 Å². The number of nitrogens with zero attached hydrogens (tertiary/aromatic N) is 3. The lowest BCUT2D eigenvalue weighted by Crippen LogP contribution is -2.16. The minimum Gasteiger partial charge on any atom is -0.329 e. The predicted molar refractivity (Wildman–Crippen MR) is 87.3 cm³/mol. The number of benzene rings is 1. The van der Waals surface area contributed by atoms with Crippen LogP contribution in [-0.2, 0) is 11.3 Å². The zero-order chi connectivity index (χ0) is 15.2. The van der Waals surface area contributed by atoms with Crippen LogP contribution < -0.4 is 11.1 Å². The molecule has 1 heterocycles. The van der Waals surface area contributed by atoms with Crippen molar-refractivity contribution in [1.82, 2.24) is 14.8 Å². The Balaban J connectivity index is 1.92. The number of rotatable bonds is 6. The molecule has 0 saturated heterocycles. The van der Waals surface area contributed by atoms with Gasteiger partial charge in [-0.2, -0.15) is 0 Å². The molecule has 0 atom stereocenters. The van der Waals surface area contributed by atoms with Crippen LogP contribution in [0.1, 0.15) is 5.82 Å². The largest absolute Gasteiger partial charge is 0.329 e. The minimum absolute atomic E-state index is 0.0851. The fourth-order valence-corrected chi connectivity index (χ4v) is 2.96. The Morgan fingerprint density at radius 3 is 3.00 bits per heavy atom. The van der Waals surface area contributed by atoms with E-state index in [4.69, 9.17) is 5.73 Å². The molecule has 0 aliphatic carbocycles. The average Bonchev–Trinajstić information content (AvgIpc) is 2.78. The maximum Gasteiger partial charge on any atom is 0.234 e. The highest BCUT2D eigenvalue weighted by Gasteiger charge is 2.11. The van der Waals surface area contributed by atoms with E-state index in [1.54, 1.807) is 0 Å². The van der Waals surface area contributed by atoms with Gasteiger partial charge in [-0.1, -0.05) is 33.8 Å². The lowest BCUT2D eigenvalue weighted by Gasteiger charge is -2.07. The van der Waals surface area contributed by atoms with E-state index in [-0.39, 0.29) is 11.7 Å². The zero-order valence-electron chi connectivity index (χ0n) is 11.5. The van der Waals surface area contributed by atoms with Gasteiger partial charge in [0.25, 0.3) is 0 Å². The molecule has 1 amide bonds. The minimum atomic E-state index is -0.0851. The van der Waals surface area contributed by atoms with Crippen molar-refractivity contribution >= 4 is 39.3 Å². The summed E-state index contributed by atoms with van der Waals surface area (Å²) < 4.78 is 2.84. The van der Waals surface area contributed by atoms with Crippen molar-refractivity contribution in [2.75, 3.05) is 17.6 Å². The number of thioether (sulfide) groups is 1. The van der Waals surface area contributed by atoms with Crippen molar-refractivity contribution in [2.24, 2.45) is 5.73 Å². The van der Waals surface area contributed by atoms with Gasteiger partial charge in [-0.05, 0) is 25.1 Å². The highest BCUT2D eigenvalue weighted by Crippen LogP contribution is 2.18. The van der Waals surface area contributed by atoms with Crippen molar-refractivity contribution < 1.29 is 4.79 Å². The Hall–Kier alpha value is -1.38. The van der Waals surface area contributed by atoms with Gasteiger partial charge in [0.05, 0.1) is 5.75 Å². The first kappa shape index (κ1) is 16.0. The predicted octanol–water partition coefficient (Wildman–Crippen LogP) is 2.04. The van der Waals surface area contributed by atoms with Crippen molar-refractivity contribution in [3.63, 3.8) is 0 Å². The summed E-state index contributed by atoms with van der Waals surface area (Å²) in [7, 11) is 0. The van der Waals surface area contributed by atoms with Gasteiger partial charge in [0, 0.05) is 23.2 Å². The first-order valence-electron chi connectivity index (χ1n) is 6.38. The van der Waals surface area contributed by atoms with E-state index in [0.29, 0.717) is 18.2 Å². The molecule has 2 aromatic rings. The molecule has 112 valence electrons. The van der Waals surface area contributed by atoms with Crippen molar-refractivity contribution in [3.05, 3.63) is 34.6 Å². The molecule has 0 saturated carbocycles. The van der Waals surface area contributed by atoms with Crippen molar-refractivity contribution in [2.45, 2.75) is 18.6 Å². The van der Waals surface area contributed by atoms with Crippen LogP contribution in [0, 0.1) is 6.92 Å². The van der Waals surface area contributed by atoms with Crippen LogP contribution in [0.5, 0.6) is 0 Å². The van der Waals surface area contributed by atoms with Gasteiger partial charge in [0.15, 0.2) is 5.16 Å². The fourth-order valence-electron chi connectivity index (χ4n) is 1.75. The van der Waals surface area contributed by atoms with Crippen LogP contribution >= 0.6 is 27.7 Å².